The Morgan fingerprint density at radius 3 is 2.57 bits per heavy atom. The predicted octanol–water partition coefficient (Wildman–Crippen LogP) is 4.73. The minimum Gasteiger partial charge on any atom is -0.309 e. The number of halogens is 1. The largest absolute Gasteiger partial charge is 0.309 e. The maximum Gasteiger partial charge on any atom is 0.101 e. The van der Waals surface area contributed by atoms with Crippen LogP contribution in [0.1, 0.15) is 38.4 Å². The molecule has 0 saturated carbocycles. The van der Waals surface area contributed by atoms with Crippen molar-refractivity contribution in [2.45, 2.75) is 42.7 Å². The summed E-state index contributed by atoms with van der Waals surface area (Å²) in [4.78, 5) is 9.94. The molecule has 2 heterocycles. The van der Waals surface area contributed by atoms with E-state index < -0.39 is 0 Å². The highest BCUT2D eigenvalue weighted by molar-refractivity contribution is 7.99. The number of rotatable bonds is 7. The highest BCUT2D eigenvalue weighted by Crippen LogP contribution is 2.27. The van der Waals surface area contributed by atoms with Crippen molar-refractivity contribution < 1.29 is 0 Å². The first-order chi connectivity index (χ1) is 10.2. The molecule has 0 amide bonds. The van der Waals surface area contributed by atoms with Crippen molar-refractivity contribution >= 4 is 23.4 Å². The van der Waals surface area contributed by atoms with Crippen LogP contribution in [0.25, 0.3) is 0 Å². The quantitative estimate of drug-likeness (QED) is 0.800. The van der Waals surface area contributed by atoms with Gasteiger partial charge in [0.15, 0.2) is 0 Å². The summed E-state index contributed by atoms with van der Waals surface area (Å²) in [6, 6.07) is 8.28. The van der Waals surface area contributed by atoms with Crippen LogP contribution < -0.4 is 5.32 Å². The minimum absolute atomic E-state index is 0.331. The summed E-state index contributed by atoms with van der Waals surface area (Å²) in [6.45, 7) is 5.37. The van der Waals surface area contributed by atoms with Crippen molar-refractivity contribution in [1.29, 1.82) is 0 Å². The number of nitrogens with one attached hydrogen (secondary N) is 1. The van der Waals surface area contributed by atoms with E-state index in [-0.39, 0.29) is 0 Å². The number of hydrogen-bond donors (Lipinski definition) is 1. The maximum atomic E-state index is 5.84. The van der Waals surface area contributed by atoms with Crippen LogP contribution in [0.4, 0.5) is 0 Å². The molecule has 0 saturated heterocycles. The molecule has 0 bridgehead atoms. The Morgan fingerprint density at radius 2 is 2.00 bits per heavy atom. The van der Waals surface area contributed by atoms with Crippen molar-refractivity contribution in [3.8, 4) is 0 Å². The van der Waals surface area contributed by atoms with Gasteiger partial charge in [-0.15, -0.1) is 0 Å². The molecule has 0 spiro atoms. The average molecular weight is 322 g/mol. The zero-order chi connectivity index (χ0) is 15.1. The van der Waals surface area contributed by atoms with E-state index in [0.717, 1.165) is 35.0 Å². The normalized spacial score (nSPS) is 12.3. The maximum absolute atomic E-state index is 5.84. The van der Waals surface area contributed by atoms with Gasteiger partial charge >= 0.3 is 0 Å². The lowest BCUT2D eigenvalue weighted by Gasteiger charge is -2.16. The molecule has 3 nitrogen and oxygen atoms in total. The number of aromatic nitrogens is 2. The van der Waals surface area contributed by atoms with Crippen LogP contribution in [0, 0.1) is 0 Å². The third kappa shape index (κ3) is 4.99. The molecule has 1 atom stereocenters. The van der Waals surface area contributed by atoms with E-state index >= 15 is 0 Å². The van der Waals surface area contributed by atoms with Gasteiger partial charge in [0.2, 0.25) is 0 Å². The van der Waals surface area contributed by atoms with Gasteiger partial charge in [-0.25, -0.2) is 4.98 Å². The van der Waals surface area contributed by atoms with Crippen LogP contribution in [-0.4, -0.2) is 16.5 Å². The van der Waals surface area contributed by atoms with Gasteiger partial charge in [0.1, 0.15) is 5.03 Å². The Labute approximate surface area is 135 Å². The summed E-state index contributed by atoms with van der Waals surface area (Å²) < 4.78 is 0. The molecule has 0 aliphatic rings. The van der Waals surface area contributed by atoms with E-state index in [1.165, 1.54) is 0 Å². The van der Waals surface area contributed by atoms with Gasteiger partial charge in [-0.05, 0) is 43.7 Å². The summed E-state index contributed by atoms with van der Waals surface area (Å²) in [7, 11) is 0. The third-order valence-electron chi connectivity index (χ3n) is 3.09. The molecule has 2 aromatic rings. The first-order valence-corrected chi connectivity index (χ1v) is 8.41. The molecule has 5 heteroatoms. The summed E-state index contributed by atoms with van der Waals surface area (Å²) in [6.07, 6.45) is 5.74. The van der Waals surface area contributed by atoms with Crippen LogP contribution in [0.2, 0.25) is 5.02 Å². The Bertz CT molecular complexity index is 542. The minimum atomic E-state index is 0.331. The highest BCUT2D eigenvalue weighted by atomic mass is 35.5. The fraction of sp³-hybridized carbons (Fsp3) is 0.375. The van der Waals surface area contributed by atoms with Gasteiger partial charge in [-0.3, -0.25) is 4.98 Å². The molecular weight excluding hydrogens is 302 g/mol. The van der Waals surface area contributed by atoms with Gasteiger partial charge in [0, 0.05) is 23.3 Å². The van der Waals surface area contributed by atoms with E-state index in [0.29, 0.717) is 11.1 Å². The van der Waals surface area contributed by atoms with Crippen LogP contribution in [-0.2, 0) is 0 Å². The third-order valence-corrected chi connectivity index (χ3v) is 4.24. The monoisotopic (exact) mass is 321 g/mol. The summed E-state index contributed by atoms with van der Waals surface area (Å²) in [5.41, 5.74) is 1.10. The van der Waals surface area contributed by atoms with E-state index in [1.807, 2.05) is 18.3 Å². The molecule has 2 aromatic heterocycles. The Kier molecular flexibility index (Phi) is 6.49. The summed E-state index contributed by atoms with van der Waals surface area (Å²) in [5, 5.41) is 5.09. The Morgan fingerprint density at radius 1 is 1.14 bits per heavy atom. The molecule has 0 radical (unpaired) electrons. The van der Waals surface area contributed by atoms with Gasteiger partial charge in [-0.1, -0.05) is 37.2 Å². The fourth-order valence-corrected chi connectivity index (χ4v) is 2.81. The highest BCUT2D eigenvalue weighted by Gasteiger charge is 2.09. The van der Waals surface area contributed by atoms with Crippen molar-refractivity contribution in [1.82, 2.24) is 15.3 Å². The van der Waals surface area contributed by atoms with Gasteiger partial charge in [-0.2, -0.15) is 0 Å². The van der Waals surface area contributed by atoms with Crippen LogP contribution in [0.3, 0.4) is 0 Å². The van der Waals surface area contributed by atoms with E-state index in [4.69, 9.17) is 11.6 Å². The van der Waals surface area contributed by atoms with Crippen LogP contribution >= 0.6 is 23.4 Å². The molecule has 1 N–H and O–H groups in total. The Balaban J connectivity index is 2.02. The topological polar surface area (TPSA) is 37.8 Å². The molecule has 0 fully saturated rings. The SMILES string of the molecule is CCCNC(CC)c1ccc(Sc2ccc(Cl)cn2)cn1. The second-order valence-corrected chi connectivity index (χ2v) is 6.28. The zero-order valence-corrected chi connectivity index (χ0v) is 13.9. The number of pyridine rings is 2. The summed E-state index contributed by atoms with van der Waals surface area (Å²) >= 11 is 7.43. The first kappa shape index (κ1) is 16.3. The lowest BCUT2D eigenvalue weighted by molar-refractivity contribution is 0.507. The molecular formula is C16H20ClN3S. The zero-order valence-electron chi connectivity index (χ0n) is 12.3. The Hall–Kier alpha value is -1.10. The van der Waals surface area contributed by atoms with Crippen molar-refractivity contribution in [2.24, 2.45) is 0 Å². The first-order valence-electron chi connectivity index (χ1n) is 7.21. The van der Waals surface area contributed by atoms with Crippen LogP contribution in [0.5, 0.6) is 0 Å². The van der Waals surface area contributed by atoms with Gasteiger partial charge < -0.3 is 5.32 Å². The number of hydrogen-bond acceptors (Lipinski definition) is 4. The lowest BCUT2D eigenvalue weighted by atomic mass is 10.1. The number of nitrogens with zero attached hydrogens (tertiary/aromatic N) is 2. The molecule has 21 heavy (non-hydrogen) atoms. The summed E-state index contributed by atoms with van der Waals surface area (Å²) in [5.74, 6) is 0. The van der Waals surface area contributed by atoms with Crippen molar-refractivity contribution in [3.63, 3.8) is 0 Å². The van der Waals surface area contributed by atoms with Gasteiger partial charge in [0.05, 0.1) is 10.7 Å². The molecule has 2 rings (SSSR count). The molecule has 0 aliphatic heterocycles. The molecule has 1 unspecified atom stereocenters. The molecule has 112 valence electrons. The van der Waals surface area contributed by atoms with Gasteiger partial charge in [0.25, 0.3) is 0 Å². The standard InChI is InChI=1S/C16H20ClN3S/c1-3-9-18-14(4-2)15-7-6-13(11-19-15)21-16-8-5-12(17)10-20-16/h5-8,10-11,14,18H,3-4,9H2,1-2H3. The fourth-order valence-electron chi connectivity index (χ4n) is 1.98. The van der Waals surface area contributed by atoms with E-state index in [9.17, 15) is 0 Å². The molecule has 0 aromatic carbocycles. The molecule has 0 aliphatic carbocycles. The second-order valence-electron chi connectivity index (χ2n) is 4.75. The average Bonchev–Trinajstić information content (AvgIpc) is 2.52. The van der Waals surface area contributed by atoms with Crippen molar-refractivity contribution in [3.05, 3.63) is 47.4 Å². The predicted molar refractivity (Wildman–Crippen MR) is 88.9 cm³/mol. The van der Waals surface area contributed by atoms with E-state index in [1.54, 1.807) is 18.0 Å². The van der Waals surface area contributed by atoms with Crippen molar-refractivity contribution in [2.75, 3.05) is 6.54 Å². The smallest absolute Gasteiger partial charge is 0.101 e. The van der Waals surface area contributed by atoms with Crippen LogP contribution in [0.15, 0.2) is 46.6 Å². The van der Waals surface area contributed by atoms with E-state index in [2.05, 4.69) is 41.3 Å². The lowest BCUT2D eigenvalue weighted by Crippen LogP contribution is -2.22. The second kappa shape index (κ2) is 8.37.